The molecule has 5 heteroatoms. The van der Waals surface area contributed by atoms with Gasteiger partial charge in [-0.1, -0.05) is 12.1 Å². The van der Waals surface area contributed by atoms with Crippen LogP contribution in [0.3, 0.4) is 0 Å². The van der Waals surface area contributed by atoms with Gasteiger partial charge in [0.05, 0.1) is 0 Å². The number of carbonyl (C=O) groups is 2. The Bertz CT molecular complexity index is 994. The Morgan fingerprint density at radius 3 is 2.80 bits per heavy atom. The van der Waals surface area contributed by atoms with Crippen LogP contribution in [0.15, 0.2) is 35.7 Å². The maximum Gasteiger partial charge on any atom is 0.262 e. The van der Waals surface area contributed by atoms with Crippen molar-refractivity contribution in [1.82, 2.24) is 9.88 Å². The highest BCUT2D eigenvalue weighted by molar-refractivity contribution is 6.27. The van der Waals surface area contributed by atoms with Gasteiger partial charge in [0.15, 0.2) is 5.78 Å². The summed E-state index contributed by atoms with van der Waals surface area (Å²) in [5, 5.41) is 11.1. The number of nitrogens with zero attached hydrogens (tertiary/aromatic N) is 1. The number of ketones is 1. The number of aromatic nitrogens is 1. The molecule has 0 spiro atoms. The third-order valence-corrected chi connectivity index (χ3v) is 6.51. The lowest BCUT2D eigenvalue weighted by molar-refractivity contribution is -0.130. The average Bonchev–Trinajstić information content (AvgIpc) is 3.14. The van der Waals surface area contributed by atoms with Crippen LogP contribution in [-0.2, 0) is 16.0 Å². The highest BCUT2D eigenvalue weighted by atomic mass is 16.3. The fourth-order valence-corrected chi connectivity index (χ4v) is 5.45. The number of nitrogens with one attached hydrogen (secondary N) is 1. The van der Waals surface area contributed by atoms with Crippen LogP contribution in [-0.4, -0.2) is 38.3 Å². The van der Waals surface area contributed by atoms with E-state index in [0.29, 0.717) is 0 Å². The fraction of sp³-hybridized carbons (Fsp3) is 0.400. The normalized spacial score (nSPS) is 31.5. The van der Waals surface area contributed by atoms with Crippen LogP contribution in [0, 0.1) is 5.92 Å². The lowest BCUT2D eigenvalue weighted by atomic mass is 9.69. The van der Waals surface area contributed by atoms with Gasteiger partial charge in [0.1, 0.15) is 17.4 Å². The zero-order chi connectivity index (χ0) is 17.7. The van der Waals surface area contributed by atoms with Gasteiger partial charge < -0.3 is 15.0 Å². The Morgan fingerprint density at radius 1 is 1.32 bits per heavy atom. The predicted molar refractivity (Wildman–Crippen MR) is 93.3 cm³/mol. The molecule has 1 aromatic heterocycles. The zero-order valence-electron chi connectivity index (χ0n) is 14.5. The maximum absolute atomic E-state index is 13.0. The maximum atomic E-state index is 13.0. The number of rotatable bonds is 0. The minimum absolute atomic E-state index is 0.0352. The third-order valence-electron chi connectivity index (χ3n) is 6.51. The molecule has 25 heavy (non-hydrogen) atoms. The molecule has 2 fully saturated rings. The number of aliphatic hydroxyl groups is 1. The summed E-state index contributed by atoms with van der Waals surface area (Å²) in [5.41, 5.74) is 2.99. The van der Waals surface area contributed by atoms with E-state index >= 15 is 0 Å². The summed E-state index contributed by atoms with van der Waals surface area (Å²) < 4.78 is 0. The molecule has 3 aliphatic rings. The molecule has 1 aromatic carbocycles. The van der Waals surface area contributed by atoms with Gasteiger partial charge in [-0.15, -0.1) is 0 Å². The molecule has 2 aromatic rings. The molecular formula is C20H20N2O3. The molecule has 1 amide bonds. The van der Waals surface area contributed by atoms with Gasteiger partial charge in [-0.25, -0.2) is 0 Å². The summed E-state index contributed by atoms with van der Waals surface area (Å²) in [7, 11) is 0. The second-order valence-corrected chi connectivity index (χ2v) is 8.02. The minimum Gasteiger partial charge on any atom is -0.512 e. The number of carbonyl (C=O) groups excluding carboxylic acids is 2. The molecule has 128 valence electrons. The first-order valence-corrected chi connectivity index (χ1v) is 8.70. The Kier molecular flexibility index (Phi) is 2.56. The predicted octanol–water partition coefficient (Wildman–Crippen LogP) is 2.83. The third kappa shape index (κ3) is 1.54. The molecule has 2 N–H and O–H groups in total. The number of hydrogen-bond acceptors (Lipinski definition) is 3. The fourth-order valence-electron chi connectivity index (χ4n) is 5.45. The highest BCUT2D eigenvalue weighted by Crippen LogP contribution is 2.57. The first kappa shape index (κ1) is 14.8. The molecule has 3 atom stereocenters. The van der Waals surface area contributed by atoms with Crippen molar-refractivity contribution in [2.24, 2.45) is 5.92 Å². The number of H-pyrrole nitrogens is 1. The van der Waals surface area contributed by atoms with E-state index in [0.717, 1.165) is 17.5 Å². The Labute approximate surface area is 145 Å². The molecule has 2 saturated heterocycles. The quantitative estimate of drug-likeness (QED) is 0.441. The van der Waals surface area contributed by atoms with Crippen molar-refractivity contribution in [3.63, 3.8) is 0 Å². The van der Waals surface area contributed by atoms with Gasteiger partial charge in [-0.2, -0.15) is 0 Å². The molecule has 5 nitrogen and oxygen atoms in total. The molecule has 3 heterocycles. The number of hydrogen-bond donors (Lipinski definition) is 2. The van der Waals surface area contributed by atoms with Gasteiger partial charge in [-0.05, 0) is 50.3 Å². The number of Topliss-reactive ketones (excluding diaryl/α,β-unsaturated/α-hetero) is 1. The molecule has 0 saturated carbocycles. The number of amides is 1. The van der Waals surface area contributed by atoms with Crippen LogP contribution in [0.4, 0.5) is 0 Å². The average molecular weight is 336 g/mol. The van der Waals surface area contributed by atoms with Gasteiger partial charge in [0, 0.05) is 28.6 Å². The number of benzene rings is 1. The van der Waals surface area contributed by atoms with E-state index < -0.39 is 11.6 Å². The van der Waals surface area contributed by atoms with Crippen molar-refractivity contribution < 1.29 is 14.7 Å². The number of aromatic amines is 1. The van der Waals surface area contributed by atoms with Crippen molar-refractivity contribution in [2.45, 2.75) is 44.7 Å². The SMILES string of the molecule is C/C(O)=C1/C(=O)[C@H]2[C@@H]3c4c[nH]c5cccc(c45)C[C@@H]3C(C)(C)N2C1=O. The van der Waals surface area contributed by atoms with Gasteiger partial charge in [0.25, 0.3) is 5.91 Å². The lowest BCUT2D eigenvalue weighted by Gasteiger charge is -2.37. The first-order chi connectivity index (χ1) is 11.8. The molecule has 2 aliphatic heterocycles. The smallest absolute Gasteiger partial charge is 0.262 e. The summed E-state index contributed by atoms with van der Waals surface area (Å²) in [4.78, 5) is 31.0. The summed E-state index contributed by atoms with van der Waals surface area (Å²) in [5.74, 6) is -0.594. The number of aliphatic hydroxyl groups excluding tert-OH is 1. The van der Waals surface area contributed by atoms with Crippen LogP contribution in [0.5, 0.6) is 0 Å². The van der Waals surface area contributed by atoms with Crippen molar-refractivity contribution in [2.75, 3.05) is 0 Å². The molecule has 5 rings (SSSR count). The minimum atomic E-state index is -0.517. The van der Waals surface area contributed by atoms with Crippen LogP contribution < -0.4 is 0 Å². The highest BCUT2D eigenvalue weighted by Gasteiger charge is 2.64. The topological polar surface area (TPSA) is 73.4 Å². The summed E-state index contributed by atoms with van der Waals surface area (Å²) in [6, 6.07) is 5.72. The van der Waals surface area contributed by atoms with E-state index in [2.05, 4.69) is 11.1 Å². The van der Waals surface area contributed by atoms with Gasteiger partial charge >= 0.3 is 0 Å². The van der Waals surface area contributed by atoms with Crippen LogP contribution >= 0.6 is 0 Å². The van der Waals surface area contributed by atoms with E-state index in [-0.39, 0.29) is 34.9 Å². The molecule has 1 aliphatic carbocycles. The Hall–Kier alpha value is -2.56. The lowest BCUT2D eigenvalue weighted by Crippen LogP contribution is -2.46. The molecular weight excluding hydrogens is 316 g/mol. The van der Waals surface area contributed by atoms with Crippen molar-refractivity contribution in [3.8, 4) is 0 Å². The van der Waals surface area contributed by atoms with E-state index in [1.165, 1.54) is 17.9 Å². The molecule has 0 unspecified atom stereocenters. The van der Waals surface area contributed by atoms with Crippen LogP contribution in [0.2, 0.25) is 0 Å². The van der Waals surface area contributed by atoms with E-state index in [1.807, 2.05) is 32.2 Å². The van der Waals surface area contributed by atoms with Crippen molar-refractivity contribution in [3.05, 3.63) is 46.9 Å². The van der Waals surface area contributed by atoms with Gasteiger partial charge in [0.2, 0.25) is 0 Å². The van der Waals surface area contributed by atoms with Crippen molar-refractivity contribution >= 4 is 22.6 Å². The molecule has 0 radical (unpaired) electrons. The van der Waals surface area contributed by atoms with E-state index in [1.54, 1.807) is 4.90 Å². The number of allylic oxidation sites excluding steroid dienone is 1. The number of fused-ring (bicyclic) bond motifs is 4. The summed E-state index contributed by atoms with van der Waals surface area (Å²) in [6.45, 7) is 5.51. The van der Waals surface area contributed by atoms with E-state index in [9.17, 15) is 14.7 Å². The zero-order valence-corrected chi connectivity index (χ0v) is 14.5. The van der Waals surface area contributed by atoms with Crippen LogP contribution in [0.25, 0.3) is 10.9 Å². The Morgan fingerprint density at radius 2 is 2.08 bits per heavy atom. The second kappa shape index (κ2) is 4.34. The largest absolute Gasteiger partial charge is 0.512 e. The second-order valence-electron chi connectivity index (χ2n) is 8.02. The standard InChI is InChI=1S/C20H20N2O3/c1-9(23)14-18(24)17-16-11-8-21-13-6-4-5-10(15(11)13)7-12(16)20(2,3)22(17)19(14)25/h4-6,8,12,16-17,21,23H,7H2,1-3H3/b14-9+/t12-,16+,17+/m0/s1. The van der Waals surface area contributed by atoms with Gasteiger partial charge in [-0.3, -0.25) is 9.59 Å². The monoisotopic (exact) mass is 336 g/mol. The molecule has 0 bridgehead atoms. The Balaban J connectivity index is 1.78. The van der Waals surface area contributed by atoms with Crippen LogP contribution in [0.1, 0.15) is 37.8 Å². The van der Waals surface area contributed by atoms with Crippen molar-refractivity contribution in [1.29, 1.82) is 0 Å². The van der Waals surface area contributed by atoms with E-state index in [4.69, 9.17) is 0 Å². The first-order valence-electron chi connectivity index (χ1n) is 8.70. The summed E-state index contributed by atoms with van der Waals surface area (Å²) in [6.07, 6.45) is 2.85. The summed E-state index contributed by atoms with van der Waals surface area (Å²) >= 11 is 0.